The predicted octanol–water partition coefficient (Wildman–Crippen LogP) is 3.84. The fourth-order valence-corrected chi connectivity index (χ4v) is 2.22. The molecule has 2 rings (SSSR count). The van der Waals surface area contributed by atoms with Gasteiger partial charge in [0.15, 0.2) is 0 Å². The van der Waals surface area contributed by atoms with Crippen LogP contribution in [0, 0.1) is 0 Å². The molecule has 1 amide bonds. The Bertz CT molecular complexity index is 544. The molecule has 0 radical (unpaired) electrons. The highest BCUT2D eigenvalue weighted by molar-refractivity contribution is 6.00. The minimum absolute atomic E-state index is 0.101. The molecule has 19 heavy (non-hydrogen) atoms. The molecule has 0 aromatic heterocycles. The van der Waals surface area contributed by atoms with Crippen molar-refractivity contribution in [3.8, 4) is 11.1 Å². The van der Waals surface area contributed by atoms with Crippen LogP contribution in [0.1, 0.15) is 24.2 Å². The Morgan fingerprint density at radius 1 is 0.895 bits per heavy atom. The molecule has 0 unspecified atom stereocenters. The van der Waals surface area contributed by atoms with Crippen LogP contribution in [0.25, 0.3) is 11.1 Å². The van der Waals surface area contributed by atoms with Crippen molar-refractivity contribution in [2.45, 2.75) is 13.8 Å². The number of amides is 1. The van der Waals surface area contributed by atoms with E-state index in [9.17, 15) is 4.79 Å². The average molecular weight is 253 g/mol. The average Bonchev–Trinajstić information content (AvgIpc) is 2.49. The highest BCUT2D eigenvalue weighted by atomic mass is 16.2. The van der Waals surface area contributed by atoms with Crippen LogP contribution in [0.4, 0.5) is 0 Å². The summed E-state index contributed by atoms with van der Waals surface area (Å²) in [7, 11) is 0. The van der Waals surface area contributed by atoms with E-state index in [-0.39, 0.29) is 5.91 Å². The third kappa shape index (κ3) is 2.84. The number of carbonyl (C=O) groups is 1. The van der Waals surface area contributed by atoms with Gasteiger partial charge in [0, 0.05) is 18.7 Å². The molecule has 2 nitrogen and oxygen atoms in total. The van der Waals surface area contributed by atoms with Crippen LogP contribution in [-0.2, 0) is 0 Å². The van der Waals surface area contributed by atoms with E-state index >= 15 is 0 Å². The first kappa shape index (κ1) is 13.3. The van der Waals surface area contributed by atoms with Crippen molar-refractivity contribution in [1.82, 2.24) is 4.90 Å². The maximum Gasteiger partial charge on any atom is 0.254 e. The number of hydrogen-bond acceptors (Lipinski definition) is 1. The van der Waals surface area contributed by atoms with E-state index in [1.54, 1.807) is 0 Å². The number of benzene rings is 2. The second kappa shape index (κ2) is 6.19. The molecular weight excluding hydrogens is 234 g/mol. The van der Waals surface area contributed by atoms with Gasteiger partial charge in [-0.1, -0.05) is 48.5 Å². The molecule has 0 N–H and O–H groups in total. The van der Waals surface area contributed by atoms with E-state index in [4.69, 9.17) is 0 Å². The van der Waals surface area contributed by atoms with Crippen molar-refractivity contribution in [3.63, 3.8) is 0 Å². The lowest BCUT2D eigenvalue weighted by Gasteiger charge is -2.20. The highest BCUT2D eigenvalue weighted by Gasteiger charge is 2.16. The van der Waals surface area contributed by atoms with Crippen LogP contribution >= 0.6 is 0 Å². The fourth-order valence-electron chi connectivity index (χ4n) is 2.22. The van der Waals surface area contributed by atoms with Gasteiger partial charge in [-0.15, -0.1) is 0 Å². The van der Waals surface area contributed by atoms with Gasteiger partial charge >= 0.3 is 0 Å². The molecule has 0 fully saturated rings. The van der Waals surface area contributed by atoms with Gasteiger partial charge in [0.05, 0.1) is 0 Å². The standard InChI is InChI=1S/C17H19NO/c1-3-18(4-2)17(19)16-13-9-8-12-15(16)14-10-6-5-7-11-14/h5-13H,3-4H2,1-2H3. The first-order valence-corrected chi connectivity index (χ1v) is 6.71. The van der Waals surface area contributed by atoms with E-state index in [2.05, 4.69) is 0 Å². The Balaban J connectivity index is 2.45. The van der Waals surface area contributed by atoms with Crippen molar-refractivity contribution in [1.29, 1.82) is 0 Å². The number of rotatable bonds is 4. The van der Waals surface area contributed by atoms with Crippen molar-refractivity contribution < 1.29 is 4.79 Å². The van der Waals surface area contributed by atoms with Crippen LogP contribution < -0.4 is 0 Å². The molecule has 2 heteroatoms. The summed E-state index contributed by atoms with van der Waals surface area (Å²) in [6.07, 6.45) is 0. The minimum Gasteiger partial charge on any atom is -0.339 e. The normalized spacial score (nSPS) is 10.2. The first-order valence-electron chi connectivity index (χ1n) is 6.71. The maximum atomic E-state index is 12.5. The Labute approximate surface area is 114 Å². The summed E-state index contributed by atoms with van der Waals surface area (Å²) in [5, 5.41) is 0. The summed E-state index contributed by atoms with van der Waals surface area (Å²) in [5.41, 5.74) is 2.86. The Hall–Kier alpha value is -2.09. The van der Waals surface area contributed by atoms with E-state index in [0.29, 0.717) is 0 Å². The molecular formula is C17H19NO. The molecule has 0 bridgehead atoms. The van der Waals surface area contributed by atoms with Crippen molar-refractivity contribution in [2.75, 3.05) is 13.1 Å². The molecule has 0 heterocycles. The van der Waals surface area contributed by atoms with E-state index in [1.165, 1.54) is 0 Å². The van der Waals surface area contributed by atoms with Crippen LogP contribution in [0.3, 0.4) is 0 Å². The second-order valence-electron chi connectivity index (χ2n) is 4.39. The van der Waals surface area contributed by atoms with Crippen LogP contribution in [0.2, 0.25) is 0 Å². The zero-order valence-corrected chi connectivity index (χ0v) is 11.5. The monoisotopic (exact) mass is 253 g/mol. The zero-order chi connectivity index (χ0) is 13.7. The summed E-state index contributed by atoms with van der Waals surface area (Å²) < 4.78 is 0. The zero-order valence-electron chi connectivity index (χ0n) is 11.5. The topological polar surface area (TPSA) is 20.3 Å². The lowest BCUT2D eigenvalue weighted by molar-refractivity contribution is 0.0774. The van der Waals surface area contributed by atoms with Crippen LogP contribution in [0.15, 0.2) is 54.6 Å². The summed E-state index contributed by atoms with van der Waals surface area (Å²) >= 11 is 0. The fraction of sp³-hybridized carbons (Fsp3) is 0.235. The van der Waals surface area contributed by atoms with Crippen molar-refractivity contribution in [2.24, 2.45) is 0 Å². The van der Waals surface area contributed by atoms with Gasteiger partial charge in [-0.2, -0.15) is 0 Å². The molecule has 2 aromatic carbocycles. The summed E-state index contributed by atoms with van der Waals surface area (Å²) in [4.78, 5) is 14.4. The first-order chi connectivity index (χ1) is 9.27. The van der Waals surface area contributed by atoms with Gasteiger partial charge in [-0.3, -0.25) is 4.79 Å². The minimum atomic E-state index is 0.101. The Kier molecular flexibility index (Phi) is 4.35. The van der Waals surface area contributed by atoms with Gasteiger partial charge in [0.1, 0.15) is 0 Å². The van der Waals surface area contributed by atoms with Crippen molar-refractivity contribution >= 4 is 5.91 Å². The molecule has 98 valence electrons. The smallest absolute Gasteiger partial charge is 0.254 e. The SMILES string of the molecule is CCN(CC)C(=O)c1ccccc1-c1ccccc1. The Morgan fingerprint density at radius 3 is 2.11 bits per heavy atom. The molecule has 0 aliphatic carbocycles. The summed E-state index contributed by atoms with van der Waals surface area (Å²) in [6.45, 7) is 5.48. The van der Waals surface area contributed by atoms with Crippen LogP contribution in [0.5, 0.6) is 0 Å². The second-order valence-corrected chi connectivity index (χ2v) is 4.39. The summed E-state index contributed by atoms with van der Waals surface area (Å²) in [5.74, 6) is 0.101. The van der Waals surface area contributed by atoms with Crippen molar-refractivity contribution in [3.05, 3.63) is 60.2 Å². The van der Waals surface area contributed by atoms with Crippen LogP contribution in [-0.4, -0.2) is 23.9 Å². The molecule has 0 atom stereocenters. The predicted molar refractivity (Wildman–Crippen MR) is 79.1 cm³/mol. The summed E-state index contributed by atoms with van der Waals surface area (Å²) in [6, 6.07) is 17.8. The highest BCUT2D eigenvalue weighted by Crippen LogP contribution is 2.24. The van der Waals surface area contributed by atoms with Gasteiger partial charge in [-0.05, 0) is 31.0 Å². The van der Waals surface area contributed by atoms with Gasteiger partial charge in [-0.25, -0.2) is 0 Å². The third-order valence-corrected chi connectivity index (χ3v) is 3.29. The number of nitrogens with zero attached hydrogens (tertiary/aromatic N) is 1. The molecule has 0 aliphatic rings. The maximum absolute atomic E-state index is 12.5. The van der Waals surface area contributed by atoms with Gasteiger partial charge in [0.2, 0.25) is 0 Å². The quantitative estimate of drug-likeness (QED) is 0.810. The molecule has 0 spiro atoms. The molecule has 0 saturated heterocycles. The van der Waals surface area contributed by atoms with Gasteiger partial charge < -0.3 is 4.90 Å². The molecule has 0 saturated carbocycles. The third-order valence-electron chi connectivity index (χ3n) is 3.29. The lowest BCUT2D eigenvalue weighted by atomic mass is 9.99. The molecule has 0 aliphatic heterocycles. The Morgan fingerprint density at radius 2 is 1.47 bits per heavy atom. The van der Waals surface area contributed by atoms with E-state index in [0.717, 1.165) is 29.8 Å². The lowest BCUT2D eigenvalue weighted by Crippen LogP contribution is -2.30. The number of carbonyl (C=O) groups excluding carboxylic acids is 1. The number of hydrogen-bond donors (Lipinski definition) is 0. The van der Waals surface area contributed by atoms with Gasteiger partial charge in [0.25, 0.3) is 5.91 Å². The largest absolute Gasteiger partial charge is 0.339 e. The van der Waals surface area contributed by atoms with E-state index < -0.39 is 0 Å². The van der Waals surface area contributed by atoms with E-state index in [1.807, 2.05) is 73.3 Å². The molecule has 2 aromatic rings.